The third kappa shape index (κ3) is 2.21. The third-order valence-electron chi connectivity index (χ3n) is 5.22. The number of benzene rings is 1. The van der Waals surface area contributed by atoms with Crippen molar-refractivity contribution in [2.45, 2.75) is 40.3 Å². The Hall–Kier alpha value is -1.12. The quantitative estimate of drug-likeness (QED) is 0.839. The molecule has 2 heteroatoms. The van der Waals surface area contributed by atoms with E-state index in [0.717, 1.165) is 6.54 Å². The summed E-state index contributed by atoms with van der Waals surface area (Å²) in [5.41, 5.74) is 2.13. The summed E-state index contributed by atoms with van der Waals surface area (Å²) >= 11 is 1.89. The van der Waals surface area contributed by atoms with E-state index < -0.39 is 0 Å². The molecule has 0 spiro atoms. The molecule has 0 saturated heterocycles. The van der Waals surface area contributed by atoms with Crippen LogP contribution in [0.15, 0.2) is 42.5 Å². The molecule has 106 valence electrons. The zero-order valence-electron chi connectivity index (χ0n) is 12.7. The minimum absolute atomic E-state index is 0.409. The van der Waals surface area contributed by atoms with Crippen molar-refractivity contribution in [3.63, 3.8) is 0 Å². The number of thiophene rings is 1. The Labute approximate surface area is 126 Å². The summed E-state index contributed by atoms with van der Waals surface area (Å²) in [5.74, 6) is 0. The van der Waals surface area contributed by atoms with Crippen molar-refractivity contribution in [1.82, 2.24) is 5.32 Å². The van der Waals surface area contributed by atoms with E-state index >= 15 is 0 Å². The second-order valence-corrected chi connectivity index (χ2v) is 8.06. The van der Waals surface area contributed by atoms with E-state index in [4.69, 9.17) is 0 Å². The molecule has 1 fully saturated rings. The Bertz CT molecular complexity index is 581. The Balaban J connectivity index is 1.65. The molecule has 1 heterocycles. The van der Waals surface area contributed by atoms with Crippen LogP contribution in [-0.4, -0.2) is 6.04 Å². The van der Waals surface area contributed by atoms with Gasteiger partial charge >= 0.3 is 0 Å². The lowest BCUT2D eigenvalue weighted by atomic mass is 10.0. The van der Waals surface area contributed by atoms with Crippen LogP contribution in [-0.2, 0) is 6.54 Å². The standard InChI is InChI=1S/C18H23NS/c1-17(2)16(18(17,3)4)19-12-14-10-11-15(20-14)13-8-6-5-7-9-13/h5-11,16,19H,12H2,1-4H3. The van der Waals surface area contributed by atoms with E-state index in [1.807, 2.05) is 11.3 Å². The van der Waals surface area contributed by atoms with E-state index in [9.17, 15) is 0 Å². The van der Waals surface area contributed by atoms with Gasteiger partial charge in [0, 0.05) is 22.3 Å². The summed E-state index contributed by atoms with van der Waals surface area (Å²) in [6, 6.07) is 15.7. The first-order valence-corrected chi connectivity index (χ1v) is 8.12. The molecule has 1 aliphatic rings. The van der Waals surface area contributed by atoms with Crippen LogP contribution in [0.4, 0.5) is 0 Å². The zero-order chi connectivity index (χ0) is 14.4. The number of hydrogen-bond donors (Lipinski definition) is 1. The van der Waals surface area contributed by atoms with Gasteiger partial charge in [0.05, 0.1) is 0 Å². The first kappa shape index (κ1) is 13.8. The summed E-state index contributed by atoms with van der Waals surface area (Å²) in [7, 11) is 0. The van der Waals surface area contributed by atoms with Gasteiger partial charge in [-0.05, 0) is 28.5 Å². The van der Waals surface area contributed by atoms with Crippen molar-refractivity contribution >= 4 is 11.3 Å². The maximum Gasteiger partial charge on any atom is 0.0346 e. The molecule has 0 amide bonds. The first-order valence-electron chi connectivity index (χ1n) is 7.30. The molecule has 0 unspecified atom stereocenters. The van der Waals surface area contributed by atoms with E-state index in [1.54, 1.807) is 0 Å². The molecule has 0 bridgehead atoms. The fourth-order valence-electron chi connectivity index (χ4n) is 3.14. The smallest absolute Gasteiger partial charge is 0.0346 e. The summed E-state index contributed by atoms with van der Waals surface area (Å²) in [6.07, 6.45) is 0. The summed E-state index contributed by atoms with van der Waals surface area (Å²) < 4.78 is 0. The Morgan fingerprint density at radius 2 is 1.60 bits per heavy atom. The molecule has 20 heavy (non-hydrogen) atoms. The Morgan fingerprint density at radius 1 is 0.950 bits per heavy atom. The zero-order valence-corrected chi connectivity index (χ0v) is 13.6. The number of hydrogen-bond acceptors (Lipinski definition) is 2. The van der Waals surface area contributed by atoms with Crippen LogP contribution in [0.5, 0.6) is 0 Å². The van der Waals surface area contributed by atoms with Crippen LogP contribution >= 0.6 is 11.3 Å². The molecule has 0 atom stereocenters. The molecule has 0 radical (unpaired) electrons. The highest BCUT2D eigenvalue weighted by Crippen LogP contribution is 2.62. The summed E-state index contributed by atoms with van der Waals surface area (Å²) in [4.78, 5) is 2.78. The molecule has 1 aromatic carbocycles. The maximum atomic E-state index is 3.73. The lowest BCUT2D eigenvalue weighted by Gasteiger charge is -2.04. The van der Waals surface area contributed by atoms with Crippen LogP contribution in [0.2, 0.25) is 0 Å². The fraction of sp³-hybridized carbons (Fsp3) is 0.444. The number of rotatable bonds is 4. The maximum absolute atomic E-state index is 3.73. The molecule has 1 nitrogen and oxygen atoms in total. The summed E-state index contributed by atoms with van der Waals surface area (Å²) in [5, 5.41) is 3.73. The Morgan fingerprint density at radius 3 is 2.20 bits per heavy atom. The average molecular weight is 285 g/mol. The normalized spacial score (nSPS) is 20.0. The van der Waals surface area contributed by atoms with Gasteiger partial charge in [-0.25, -0.2) is 0 Å². The average Bonchev–Trinajstić information content (AvgIpc) is 2.76. The SMILES string of the molecule is CC1(C)C(NCc2ccc(-c3ccccc3)s2)C1(C)C. The highest BCUT2D eigenvalue weighted by molar-refractivity contribution is 7.15. The second-order valence-electron chi connectivity index (χ2n) is 6.89. The van der Waals surface area contributed by atoms with Gasteiger partial charge < -0.3 is 5.32 Å². The van der Waals surface area contributed by atoms with Crippen LogP contribution in [0.25, 0.3) is 10.4 Å². The van der Waals surface area contributed by atoms with Crippen molar-refractivity contribution < 1.29 is 0 Å². The van der Waals surface area contributed by atoms with Crippen LogP contribution < -0.4 is 5.32 Å². The second kappa shape index (κ2) is 4.71. The van der Waals surface area contributed by atoms with Crippen molar-refractivity contribution in [3.8, 4) is 10.4 Å². The van der Waals surface area contributed by atoms with E-state index in [1.165, 1.54) is 15.3 Å². The van der Waals surface area contributed by atoms with Crippen molar-refractivity contribution in [1.29, 1.82) is 0 Å². The van der Waals surface area contributed by atoms with Gasteiger partial charge in [-0.2, -0.15) is 0 Å². The van der Waals surface area contributed by atoms with Gasteiger partial charge in [0.25, 0.3) is 0 Å². The molecule has 2 aromatic rings. The molecule has 1 N–H and O–H groups in total. The van der Waals surface area contributed by atoms with Gasteiger partial charge in [-0.1, -0.05) is 58.0 Å². The molecular formula is C18H23NS. The number of nitrogens with one attached hydrogen (secondary N) is 1. The van der Waals surface area contributed by atoms with Crippen molar-refractivity contribution in [2.24, 2.45) is 10.8 Å². The predicted molar refractivity (Wildman–Crippen MR) is 87.9 cm³/mol. The van der Waals surface area contributed by atoms with Crippen LogP contribution in [0.3, 0.4) is 0 Å². The fourth-order valence-corrected chi connectivity index (χ4v) is 4.10. The molecule has 1 aliphatic carbocycles. The van der Waals surface area contributed by atoms with Gasteiger partial charge in [-0.3, -0.25) is 0 Å². The highest BCUT2D eigenvalue weighted by atomic mass is 32.1. The van der Waals surface area contributed by atoms with E-state index in [0.29, 0.717) is 16.9 Å². The van der Waals surface area contributed by atoms with Crippen molar-refractivity contribution in [2.75, 3.05) is 0 Å². The molecule has 3 rings (SSSR count). The van der Waals surface area contributed by atoms with Gasteiger partial charge in [0.15, 0.2) is 0 Å². The minimum atomic E-state index is 0.409. The lowest BCUT2D eigenvalue weighted by Crippen LogP contribution is -2.21. The Kier molecular flexibility index (Phi) is 3.26. The van der Waals surface area contributed by atoms with E-state index in [2.05, 4.69) is 75.5 Å². The first-order chi connectivity index (χ1) is 9.43. The van der Waals surface area contributed by atoms with Gasteiger partial charge in [0.1, 0.15) is 0 Å². The largest absolute Gasteiger partial charge is 0.308 e. The topological polar surface area (TPSA) is 12.0 Å². The van der Waals surface area contributed by atoms with Gasteiger partial charge in [0.2, 0.25) is 0 Å². The lowest BCUT2D eigenvalue weighted by molar-refractivity contribution is 0.457. The molecule has 1 aromatic heterocycles. The summed E-state index contributed by atoms with van der Waals surface area (Å²) in [6.45, 7) is 10.4. The molecular weight excluding hydrogens is 262 g/mol. The minimum Gasteiger partial charge on any atom is -0.308 e. The highest BCUT2D eigenvalue weighted by Gasteiger charge is 2.64. The monoisotopic (exact) mass is 285 g/mol. The van der Waals surface area contributed by atoms with Crippen LogP contribution in [0.1, 0.15) is 32.6 Å². The third-order valence-corrected chi connectivity index (χ3v) is 6.36. The van der Waals surface area contributed by atoms with Gasteiger partial charge in [-0.15, -0.1) is 11.3 Å². The molecule has 1 saturated carbocycles. The predicted octanol–water partition coefficient (Wildman–Crippen LogP) is 4.94. The van der Waals surface area contributed by atoms with E-state index in [-0.39, 0.29) is 0 Å². The molecule has 0 aliphatic heterocycles. The van der Waals surface area contributed by atoms with Crippen LogP contribution in [0, 0.1) is 10.8 Å². The van der Waals surface area contributed by atoms with Crippen molar-refractivity contribution in [3.05, 3.63) is 47.3 Å².